The molecule has 3 aromatic rings. The van der Waals surface area contributed by atoms with Crippen LogP contribution < -0.4 is 5.32 Å². The topological polar surface area (TPSA) is 94.1 Å². The molecule has 1 atom stereocenters. The van der Waals surface area contributed by atoms with Gasteiger partial charge < -0.3 is 24.3 Å². The van der Waals surface area contributed by atoms with E-state index in [4.69, 9.17) is 4.74 Å². The minimum Gasteiger partial charge on any atom is -0.453 e. The van der Waals surface area contributed by atoms with E-state index in [2.05, 4.69) is 25.0 Å². The molecule has 0 aromatic carbocycles. The molecule has 10 heteroatoms. The van der Waals surface area contributed by atoms with E-state index in [1.807, 2.05) is 0 Å². The van der Waals surface area contributed by atoms with Crippen LogP contribution in [0.1, 0.15) is 18.3 Å². The molecule has 4 heterocycles. The van der Waals surface area contributed by atoms with Gasteiger partial charge in [-0.25, -0.2) is 23.5 Å². The fourth-order valence-electron chi connectivity index (χ4n) is 3.28. The molecule has 1 amide bonds. The average molecular weight is 365 g/mol. The summed E-state index contributed by atoms with van der Waals surface area (Å²) >= 11 is 0. The molecule has 1 saturated heterocycles. The molecule has 1 fully saturated rings. The van der Waals surface area contributed by atoms with Crippen LogP contribution in [0.3, 0.4) is 0 Å². The van der Waals surface area contributed by atoms with Crippen LogP contribution in [0.2, 0.25) is 0 Å². The minimum atomic E-state index is -2.96. The number of halogens is 2. The lowest BCUT2D eigenvalue weighted by atomic mass is 10.0. The molecule has 0 aliphatic carbocycles. The smallest absolute Gasteiger partial charge is 0.407 e. The highest BCUT2D eigenvalue weighted by Crippen LogP contribution is 2.39. The van der Waals surface area contributed by atoms with Crippen LogP contribution in [0, 0.1) is 0 Å². The number of hydrogen-bond donors (Lipinski definition) is 2. The van der Waals surface area contributed by atoms with Crippen molar-refractivity contribution in [3.8, 4) is 0 Å². The first kappa shape index (κ1) is 16.7. The number of alkyl halides is 2. The number of pyridine rings is 1. The quantitative estimate of drug-likeness (QED) is 0.743. The number of rotatable bonds is 3. The van der Waals surface area contributed by atoms with Crippen molar-refractivity contribution < 1.29 is 23.0 Å². The third kappa shape index (κ3) is 2.66. The lowest BCUT2D eigenvalue weighted by Crippen LogP contribution is -2.41. The number of H-pyrrole nitrogens is 1. The van der Waals surface area contributed by atoms with Crippen molar-refractivity contribution in [1.82, 2.24) is 24.8 Å². The largest absolute Gasteiger partial charge is 0.453 e. The zero-order valence-corrected chi connectivity index (χ0v) is 14.0. The molecular weight excluding hydrogens is 348 g/mol. The summed E-state index contributed by atoms with van der Waals surface area (Å²) in [6.07, 6.45) is 2.17. The third-order valence-corrected chi connectivity index (χ3v) is 4.54. The maximum absolute atomic E-state index is 14.7. The van der Waals surface area contributed by atoms with Gasteiger partial charge in [-0.2, -0.15) is 0 Å². The Kier molecular flexibility index (Phi) is 3.98. The zero-order valence-electron chi connectivity index (χ0n) is 14.0. The fourth-order valence-corrected chi connectivity index (χ4v) is 3.28. The van der Waals surface area contributed by atoms with Crippen LogP contribution in [0.15, 0.2) is 18.5 Å². The summed E-state index contributed by atoms with van der Waals surface area (Å²) in [5, 5.41) is 3.18. The molecule has 26 heavy (non-hydrogen) atoms. The predicted molar refractivity (Wildman–Crippen MR) is 88.0 cm³/mol. The molecule has 138 valence electrons. The first-order valence-corrected chi connectivity index (χ1v) is 8.11. The van der Waals surface area contributed by atoms with Crippen LogP contribution >= 0.6 is 0 Å². The summed E-state index contributed by atoms with van der Waals surface area (Å²) in [5.74, 6) is -2.67. The Labute approximate surface area is 146 Å². The van der Waals surface area contributed by atoms with Gasteiger partial charge in [0.1, 0.15) is 23.0 Å². The second-order valence-electron chi connectivity index (χ2n) is 6.08. The molecule has 0 radical (unpaired) electrons. The van der Waals surface area contributed by atoms with Crippen LogP contribution in [0.5, 0.6) is 0 Å². The normalized spacial score (nSPS) is 19.7. The van der Waals surface area contributed by atoms with Gasteiger partial charge in [0.15, 0.2) is 0 Å². The van der Waals surface area contributed by atoms with Gasteiger partial charge in [0, 0.05) is 18.0 Å². The van der Waals surface area contributed by atoms with E-state index in [1.54, 1.807) is 12.3 Å². The number of ether oxygens (including phenoxy) is 2. The number of carbonyl (C=O) groups excluding carboxylic acids is 1. The number of methoxy groups -OCH3 is 1. The van der Waals surface area contributed by atoms with Crippen LogP contribution in [0.25, 0.3) is 22.1 Å². The van der Waals surface area contributed by atoms with E-state index in [1.165, 1.54) is 17.9 Å². The fraction of sp³-hybridized carbons (Fsp3) is 0.438. The highest BCUT2D eigenvalue weighted by Gasteiger charge is 2.45. The summed E-state index contributed by atoms with van der Waals surface area (Å²) in [4.78, 5) is 23.1. The van der Waals surface area contributed by atoms with Crippen molar-refractivity contribution in [3.63, 3.8) is 0 Å². The van der Waals surface area contributed by atoms with Gasteiger partial charge in [-0.05, 0) is 6.07 Å². The van der Waals surface area contributed by atoms with Crippen molar-refractivity contribution in [2.75, 3.05) is 20.3 Å². The van der Waals surface area contributed by atoms with E-state index >= 15 is 0 Å². The van der Waals surface area contributed by atoms with Crippen molar-refractivity contribution in [1.29, 1.82) is 0 Å². The first-order chi connectivity index (χ1) is 12.5. The van der Waals surface area contributed by atoms with Gasteiger partial charge in [-0.3, -0.25) is 0 Å². The SMILES string of the molecule is COC(=O)NCc1nc2cnc3[nH]ccc3c2n1C1COCCC1(F)F. The molecule has 1 aliphatic rings. The number of carbonyl (C=O) groups is 1. The Morgan fingerprint density at radius 1 is 1.58 bits per heavy atom. The number of fused-ring (bicyclic) bond motifs is 3. The Hall–Kier alpha value is -2.75. The summed E-state index contributed by atoms with van der Waals surface area (Å²) < 4.78 is 40.7. The Morgan fingerprint density at radius 3 is 3.19 bits per heavy atom. The first-order valence-electron chi connectivity index (χ1n) is 8.11. The molecule has 0 spiro atoms. The van der Waals surface area contributed by atoms with Crippen LogP contribution in [-0.2, 0) is 16.0 Å². The van der Waals surface area contributed by atoms with Crippen molar-refractivity contribution in [2.45, 2.75) is 24.9 Å². The van der Waals surface area contributed by atoms with Crippen LogP contribution in [-0.4, -0.2) is 51.9 Å². The number of nitrogens with zero attached hydrogens (tertiary/aromatic N) is 3. The maximum Gasteiger partial charge on any atom is 0.407 e. The predicted octanol–water partition coefficient (Wildman–Crippen LogP) is 2.37. The van der Waals surface area contributed by atoms with Crippen molar-refractivity contribution >= 4 is 28.2 Å². The van der Waals surface area contributed by atoms with E-state index in [9.17, 15) is 13.6 Å². The van der Waals surface area contributed by atoms with Gasteiger partial charge in [0.25, 0.3) is 5.92 Å². The number of imidazole rings is 1. The average Bonchev–Trinajstić information content (AvgIpc) is 3.22. The number of alkyl carbamates (subject to hydrolysis) is 1. The molecular formula is C16H17F2N5O3. The minimum absolute atomic E-state index is 0.00694. The maximum atomic E-state index is 14.7. The Balaban J connectivity index is 1.90. The molecule has 2 N–H and O–H groups in total. The van der Waals surface area contributed by atoms with Gasteiger partial charge >= 0.3 is 6.09 Å². The standard InChI is InChI=1S/C16H17F2N5O3/c1-25-15(24)21-7-12-22-10-6-20-14-9(2-4-19-14)13(10)23(12)11-8-26-5-3-16(11,17)18/h2,4,6,11H,3,5,7-8H2,1H3,(H,19,20)(H,21,24). The lowest BCUT2D eigenvalue weighted by Gasteiger charge is -2.33. The molecule has 8 nitrogen and oxygen atoms in total. The number of nitrogens with one attached hydrogen (secondary N) is 2. The summed E-state index contributed by atoms with van der Waals surface area (Å²) in [7, 11) is 1.23. The molecule has 4 rings (SSSR count). The van der Waals surface area contributed by atoms with Crippen LogP contribution in [0.4, 0.5) is 13.6 Å². The molecule has 3 aromatic heterocycles. The summed E-state index contributed by atoms with van der Waals surface area (Å²) in [5.41, 5.74) is 1.58. The lowest BCUT2D eigenvalue weighted by molar-refractivity contribution is -0.132. The van der Waals surface area contributed by atoms with Crippen molar-refractivity contribution in [3.05, 3.63) is 24.3 Å². The van der Waals surface area contributed by atoms with E-state index in [-0.39, 0.29) is 32.0 Å². The number of aromatic nitrogens is 4. The number of amides is 1. The third-order valence-electron chi connectivity index (χ3n) is 4.54. The van der Waals surface area contributed by atoms with Gasteiger partial charge in [-0.15, -0.1) is 0 Å². The van der Waals surface area contributed by atoms with Gasteiger partial charge in [-0.1, -0.05) is 0 Å². The number of aromatic amines is 1. The highest BCUT2D eigenvalue weighted by molar-refractivity contribution is 6.01. The molecule has 1 unspecified atom stereocenters. The van der Waals surface area contributed by atoms with E-state index < -0.39 is 18.1 Å². The Bertz CT molecular complexity index is 968. The molecule has 0 bridgehead atoms. The molecule has 1 aliphatic heterocycles. The van der Waals surface area contributed by atoms with Crippen molar-refractivity contribution in [2.24, 2.45) is 0 Å². The summed E-state index contributed by atoms with van der Waals surface area (Å²) in [6, 6.07) is 0.540. The second-order valence-corrected chi connectivity index (χ2v) is 6.08. The van der Waals surface area contributed by atoms with E-state index in [0.29, 0.717) is 22.1 Å². The van der Waals surface area contributed by atoms with E-state index in [0.717, 1.165) is 0 Å². The zero-order chi connectivity index (χ0) is 18.3. The monoisotopic (exact) mass is 365 g/mol. The van der Waals surface area contributed by atoms with Gasteiger partial charge in [0.05, 0.1) is 38.6 Å². The van der Waals surface area contributed by atoms with Gasteiger partial charge in [0.2, 0.25) is 0 Å². The number of hydrogen-bond acceptors (Lipinski definition) is 5. The summed E-state index contributed by atoms with van der Waals surface area (Å²) in [6.45, 7) is -0.190. The second kappa shape index (κ2) is 6.20. The highest BCUT2D eigenvalue weighted by atomic mass is 19.3. The molecule has 0 saturated carbocycles. The Morgan fingerprint density at radius 2 is 2.42 bits per heavy atom.